The number of hydrogen-bond donors (Lipinski definition) is 0. The summed E-state index contributed by atoms with van der Waals surface area (Å²) in [7, 11) is -0.888. The van der Waals surface area contributed by atoms with E-state index < -0.39 is 9.28 Å². The Kier molecular flexibility index (Phi) is 4.11. The van der Waals surface area contributed by atoms with E-state index in [1.807, 2.05) is 13.8 Å². The smallest absolute Gasteiger partial charge is 0.388 e. The van der Waals surface area contributed by atoms with Crippen molar-refractivity contribution in [2.45, 2.75) is 38.7 Å². The van der Waals surface area contributed by atoms with Crippen molar-refractivity contribution in [1.29, 1.82) is 0 Å². The molecule has 0 unspecified atom stereocenters. The molecule has 0 aromatic carbocycles. The lowest BCUT2D eigenvalue weighted by Gasteiger charge is -2.29. The van der Waals surface area contributed by atoms with Gasteiger partial charge >= 0.3 is 9.28 Å². The quantitative estimate of drug-likeness (QED) is 0.593. The molecule has 11 heavy (non-hydrogen) atoms. The maximum Gasteiger partial charge on any atom is 0.388 e. The molecule has 0 amide bonds. The van der Waals surface area contributed by atoms with Crippen LogP contribution in [-0.4, -0.2) is 22.5 Å². The van der Waals surface area contributed by atoms with Crippen molar-refractivity contribution in [3.05, 3.63) is 0 Å². The Balaban J connectivity index is 2.19. The molecule has 1 saturated carbocycles. The molecule has 1 radical (unpaired) electrons. The Hall–Kier alpha value is 0.137. The highest BCUT2D eigenvalue weighted by Gasteiger charge is 2.32. The summed E-state index contributed by atoms with van der Waals surface area (Å²) in [6.45, 7) is 5.71. The van der Waals surface area contributed by atoms with Gasteiger partial charge in [0.05, 0.1) is 0 Å². The van der Waals surface area contributed by atoms with E-state index in [-0.39, 0.29) is 0 Å². The summed E-state index contributed by atoms with van der Waals surface area (Å²) < 4.78 is 11.1. The van der Waals surface area contributed by atoms with Gasteiger partial charge in [0.25, 0.3) is 0 Å². The number of rotatable bonds is 5. The van der Waals surface area contributed by atoms with E-state index in [2.05, 4.69) is 0 Å². The molecule has 0 bridgehead atoms. The second-order valence-corrected chi connectivity index (χ2v) is 4.84. The van der Waals surface area contributed by atoms with Gasteiger partial charge in [-0.25, -0.2) is 0 Å². The van der Waals surface area contributed by atoms with Gasteiger partial charge in [0.15, 0.2) is 0 Å². The van der Waals surface area contributed by atoms with Crippen LogP contribution in [0, 0.1) is 0 Å². The monoisotopic (exact) mass is 173 g/mol. The van der Waals surface area contributed by atoms with Crippen LogP contribution in [0.25, 0.3) is 0 Å². The maximum absolute atomic E-state index is 5.57. The molecule has 0 spiro atoms. The van der Waals surface area contributed by atoms with Crippen molar-refractivity contribution >= 4 is 9.28 Å². The van der Waals surface area contributed by atoms with Crippen molar-refractivity contribution in [1.82, 2.24) is 0 Å². The summed E-state index contributed by atoms with van der Waals surface area (Å²) in [4.78, 5) is 0. The predicted molar refractivity (Wildman–Crippen MR) is 46.6 cm³/mol. The van der Waals surface area contributed by atoms with Crippen LogP contribution in [0.1, 0.15) is 33.1 Å². The van der Waals surface area contributed by atoms with Gasteiger partial charge in [-0.1, -0.05) is 6.42 Å². The highest BCUT2D eigenvalue weighted by atomic mass is 28.3. The first-order chi connectivity index (χ1) is 5.38. The maximum atomic E-state index is 5.57. The largest absolute Gasteiger partial charge is 0.393 e. The summed E-state index contributed by atoms with van der Waals surface area (Å²) in [5.74, 6) is 0. The van der Waals surface area contributed by atoms with Crippen molar-refractivity contribution in [2.75, 3.05) is 13.2 Å². The molecular formula is C8H17O2Si. The van der Waals surface area contributed by atoms with Gasteiger partial charge in [0.2, 0.25) is 0 Å². The molecule has 1 fully saturated rings. The molecule has 0 aromatic heterocycles. The molecule has 1 aliphatic rings. The van der Waals surface area contributed by atoms with Crippen molar-refractivity contribution in [3.63, 3.8) is 0 Å². The van der Waals surface area contributed by atoms with Crippen LogP contribution in [0.5, 0.6) is 0 Å². The van der Waals surface area contributed by atoms with Crippen LogP contribution >= 0.6 is 0 Å². The highest BCUT2D eigenvalue weighted by Crippen LogP contribution is 2.35. The van der Waals surface area contributed by atoms with Gasteiger partial charge in [-0.05, 0) is 26.7 Å². The third-order valence-electron chi connectivity index (χ3n) is 2.01. The van der Waals surface area contributed by atoms with E-state index in [0.29, 0.717) is 0 Å². The lowest BCUT2D eigenvalue weighted by atomic mass is 10.00. The molecule has 0 atom stereocenters. The van der Waals surface area contributed by atoms with E-state index >= 15 is 0 Å². The Morgan fingerprint density at radius 1 is 1.18 bits per heavy atom. The zero-order chi connectivity index (χ0) is 8.10. The topological polar surface area (TPSA) is 18.5 Å². The molecular weight excluding hydrogens is 156 g/mol. The van der Waals surface area contributed by atoms with Crippen molar-refractivity contribution in [2.24, 2.45) is 0 Å². The van der Waals surface area contributed by atoms with Gasteiger partial charge < -0.3 is 8.85 Å². The minimum absolute atomic E-state index is 0.778. The molecule has 65 valence electrons. The van der Waals surface area contributed by atoms with Crippen LogP contribution in [0.4, 0.5) is 0 Å². The summed E-state index contributed by atoms with van der Waals surface area (Å²) in [6, 6.07) is 0. The molecule has 0 aliphatic heterocycles. The van der Waals surface area contributed by atoms with E-state index in [0.717, 1.165) is 18.8 Å². The Morgan fingerprint density at radius 3 is 2.00 bits per heavy atom. The van der Waals surface area contributed by atoms with Crippen LogP contribution in [0.2, 0.25) is 5.54 Å². The van der Waals surface area contributed by atoms with Crippen molar-refractivity contribution in [3.8, 4) is 0 Å². The van der Waals surface area contributed by atoms with Crippen molar-refractivity contribution < 1.29 is 8.85 Å². The van der Waals surface area contributed by atoms with E-state index in [1.165, 1.54) is 19.3 Å². The fourth-order valence-electron chi connectivity index (χ4n) is 1.21. The Morgan fingerprint density at radius 2 is 1.73 bits per heavy atom. The predicted octanol–water partition coefficient (Wildman–Crippen LogP) is 2.10. The Bertz CT molecular complexity index is 98.3. The second kappa shape index (κ2) is 4.90. The average molecular weight is 173 g/mol. The van der Waals surface area contributed by atoms with Gasteiger partial charge in [-0.15, -0.1) is 0 Å². The summed E-state index contributed by atoms with van der Waals surface area (Å²) >= 11 is 0. The summed E-state index contributed by atoms with van der Waals surface area (Å²) in [6.07, 6.45) is 4.03. The molecule has 0 heterocycles. The standard InChI is InChI=1S/C8H17O2Si/c1-3-9-11(10-4-2)8-6-5-7-8/h8H,3-7H2,1-2H3. The number of hydrogen-bond acceptors (Lipinski definition) is 2. The van der Waals surface area contributed by atoms with Gasteiger partial charge in [0.1, 0.15) is 0 Å². The van der Waals surface area contributed by atoms with Gasteiger partial charge in [0, 0.05) is 18.8 Å². The molecule has 1 aliphatic carbocycles. The normalized spacial score (nSPS) is 18.8. The second-order valence-electron chi connectivity index (χ2n) is 2.81. The lowest BCUT2D eigenvalue weighted by Crippen LogP contribution is -2.32. The lowest BCUT2D eigenvalue weighted by molar-refractivity contribution is 0.189. The van der Waals surface area contributed by atoms with Gasteiger partial charge in [-0.3, -0.25) is 0 Å². The summed E-state index contributed by atoms with van der Waals surface area (Å²) in [5, 5.41) is 0. The molecule has 0 saturated heterocycles. The highest BCUT2D eigenvalue weighted by molar-refractivity contribution is 6.46. The summed E-state index contributed by atoms with van der Waals surface area (Å²) in [5.41, 5.74) is 0.778. The fourth-order valence-corrected chi connectivity index (χ4v) is 3.21. The third-order valence-corrected chi connectivity index (χ3v) is 4.40. The molecule has 1 rings (SSSR count). The third kappa shape index (κ3) is 2.58. The minimum Gasteiger partial charge on any atom is -0.393 e. The van der Waals surface area contributed by atoms with Crippen LogP contribution < -0.4 is 0 Å². The van der Waals surface area contributed by atoms with E-state index in [9.17, 15) is 0 Å². The first kappa shape index (κ1) is 9.23. The first-order valence-electron chi connectivity index (χ1n) is 4.50. The van der Waals surface area contributed by atoms with E-state index in [1.54, 1.807) is 0 Å². The minimum atomic E-state index is -0.888. The van der Waals surface area contributed by atoms with Crippen LogP contribution in [-0.2, 0) is 8.85 Å². The molecule has 0 N–H and O–H groups in total. The SMILES string of the molecule is CCO[Si](OCC)C1CCC1. The first-order valence-corrected chi connectivity index (χ1v) is 5.90. The average Bonchev–Trinajstić information content (AvgIpc) is 1.85. The van der Waals surface area contributed by atoms with Crippen LogP contribution in [0.3, 0.4) is 0 Å². The fraction of sp³-hybridized carbons (Fsp3) is 1.00. The Labute approximate surface area is 70.7 Å². The molecule has 2 nitrogen and oxygen atoms in total. The molecule has 0 aromatic rings. The van der Waals surface area contributed by atoms with Gasteiger partial charge in [-0.2, -0.15) is 0 Å². The molecule has 3 heteroatoms. The zero-order valence-corrected chi connectivity index (χ0v) is 8.43. The zero-order valence-electron chi connectivity index (χ0n) is 7.43. The van der Waals surface area contributed by atoms with Crippen LogP contribution in [0.15, 0.2) is 0 Å². The van der Waals surface area contributed by atoms with E-state index in [4.69, 9.17) is 8.85 Å².